The molecule has 0 aliphatic carbocycles. The average Bonchev–Trinajstić information content (AvgIpc) is 3.43. The number of alkyl halides is 6. The fraction of sp³-hybridized carbons (Fsp3) is 0.567. The predicted molar refractivity (Wildman–Crippen MR) is 151 cm³/mol. The zero-order valence-electron chi connectivity index (χ0n) is 24.5. The van der Waals surface area contributed by atoms with Crippen molar-refractivity contribution in [1.29, 1.82) is 0 Å². The van der Waals surface area contributed by atoms with Crippen LogP contribution in [0.25, 0.3) is 0 Å². The van der Waals surface area contributed by atoms with Crippen LogP contribution in [0.1, 0.15) is 65.3 Å². The number of thiophene rings is 1. The van der Waals surface area contributed by atoms with Crippen LogP contribution in [-0.4, -0.2) is 77.4 Å². The lowest BCUT2D eigenvalue weighted by atomic mass is 9.81. The number of likely N-dealkylation sites (tertiary alicyclic amines) is 2. The Balaban J connectivity index is 1.55. The second kappa shape index (κ2) is 13.1. The van der Waals surface area contributed by atoms with E-state index >= 15 is 0 Å². The number of amides is 3. The summed E-state index contributed by atoms with van der Waals surface area (Å²) in [5, 5.41) is 11.0. The number of halogens is 6. The minimum absolute atomic E-state index is 0.0642. The van der Waals surface area contributed by atoms with Gasteiger partial charge in [0.1, 0.15) is 6.61 Å². The van der Waals surface area contributed by atoms with Gasteiger partial charge in [-0.25, -0.2) is 0 Å². The maximum atomic E-state index is 13.9. The molecule has 3 atom stereocenters. The molecule has 0 radical (unpaired) electrons. The number of aliphatic hydroxyl groups is 1. The van der Waals surface area contributed by atoms with Gasteiger partial charge in [-0.1, -0.05) is 0 Å². The molecular weight excluding hydrogens is 612 g/mol. The standard InChI is InChI=1S/C30H35F6N3O4S/c1-17-7-11-44-26(17)24-15-39(27(42)19-4-8-38(9-5-19)25(41)16-40)10-6-23(24)28(43)37(3)18(2)20-12-21(29(31,32)33)14-22(13-20)30(34,35)36/h7,11-14,18-19,23-24,40H,4-6,8-10,15-16H2,1-3H3/t18-,23-,24-/m0/s1. The van der Waals surface area contributed by atoms with Gasteiger partial charge in [-0.05, 0) is 73.9 Å². The normalized spacial score (nSPS) is 20.9. The van der Waals surface area contributed by atoms with Gasteiger partial charge in [0.05, 0.1) is 17.2 Å². The molecule has 2 aliphatic rings. The maximum Gasteiger partial charge on any atom is 0.416 e. The molecule has 2 fully saturated rings. The molecule has 44 heavy (non-hydrogen) atoms. The van der Waals surface area contributed by atoms with Crippen molar-refractivity contribution in [1.82, 2.24) is 14.7 Å². The first-order chi connectivity index (χ1) is 20.5. The zero-order valence-corrected chi connectivity index (χ0v) is 25.4. The van der Waals surface area contributed by atoms with Crippen molar-refractivity contribution in [2.45, 2.75) is 57.4 Å². The summed E-state index contributed by atoms with van der Waals surface area (Å²) in [5.41, 5.74) is -2.25. The van der Waals surface area contributed by atoms with E-state index in [4.69, 9.17) is 5.11 Å². The van der Waals surface area contributed by atoms with Gasteiger partial charge in [0.25, 0.3) is 0 Å². The summed E-state index contributed by atoms with van der Waals surface area (Å²) in [4.78, 5) is 44.6. The van der Waals surface area contributed by atoms with Crippen molar-refractivity contribution in [3.8, 4) is 0 Å². The molecule has 0 spiro atoms. The smallest absolute Gasteiger partial charge is 0.387 e. The Morgan fingerprint density at radius 3 is 2.05 bits per heavy atom. The van der Waals surface area contributed by atoms with Crippen molar-refractivity contribution >= 4 is 29.1 Å². The molecule has 3 heterocycles. The Labute approximate surface area is 255 Å². The van der Waals surface area contributed by atoms with Gasteiger partial charge >= 0.3 is 12.4 Å². The van der Waals surface area contributed by atoms with Crippen LogP contribution in [0.15, 0.2) is 29.6 Å². The first-order valence-electron chi connectivity index (χ1n) is 14.3. The summed E-state index contributed by atoms with van der Waals surface area (Å²) in [6.07, 6.45) is -8.86. The molecule has 1 aromatic heterocycles. The number of carbonyl (C=O) groups excluding carboxylic acids is 3. The summed E-state index contributed by atoms with van der Waals surface area (Å²) in [7, 11) is 1.37. The molecule has 242 valence electrons. The van der Waals surface area contributed by atoms with Crippen LogP contribution in [0.5, 0.6) is 0 Å². The number of carbonyl (C=O) groups is 3. The molecule has 3 amide bonds. The van der Waals surface area contributed by atoms with Crippen LogP contribution in [0, 0.1) is 18.8 Å². The molecule has 4 rings (SSSR count). The van der Waals surface area contributed by atoms with Gasteiger partial charge in [0, 0.05) is 55.9 Å². The Hall–Kier alpha value is -3.13. The molecule has 1 N–H and O–H groups in total. The monoisotopic (exact) mass is 647 g/mol. The highest BCUT2D eigenvalue weighted by Crippen LogP contribution is 2.41. The Morgan fingerprint density at radius 1 is 0.977 bits per heavy atom. The summed E-state index contributed by atoms with van der Waals surface area (Å²) < 4.78 is 81.0. The molecule has 2 saturated heterocycles. The second-order valence-corrected chi connectivity index (χ2v) is 12.5. The summed E-state index contributed by atoms with van der Waals surface area (Å²) in [6, 6.07) is 2.15. The number of benzene rings is 1. The van der Waals surface area contributed by atoms with Gasteiger partial charge in [-0.15, -0.1) is 11.3 Å². The van der Waals surface area contributed by atoms with E-state index in [1.54, 1.807) is 4.90 Å². The van der Waals surface area contributed by atoms with Crippen molar-refractivity contribution in [2.24, 2.45) is 11.8 Å². The number of rotatable bonds is 6. The quantitative estimate of drug-likeness (QED) is 0.422. The molecule has 7 nitrogen and oxygen atoms in total. The fourth-order valence-electron chi connectivity index (χ4n) is 6.11. The summed E-state index contributed by atoms with van der Waals surface area (Å²) in [6.45, 7) is 3.89. The molecular formula is C30H35F6N3O4S. The average molecular weight is 648 g/mol. The van der Waals surface area contributed by atoms with Crippen LogP contribution < -0.4 is 0 Å². The lowest BCUT2D eigenvalue weighted by Crippen LogP contribution is -2.51. The fourth-order valence-corrected chi connectivity index (χ4v) is 7.19. The lowest BCUT2D eigenvalue weighted by Gasteiger charge is -2.42. The first kappa shape index (κ1) is 33.8. The highest BCUT2D eigenvalue weighted by atomic mass is 32.1. The Morgan fingerprint density at radius 2 is 1.55 bits per heavy atom. The van der Waals surface area contributed by atoms with Crippen LogP contribution >= 0.6 is 11.3 Å². The summed E-state index contributed by atoms with van der Waals surface area (Å²) in [5.74, 6) is -2.29. The number of hydrogen-bond donors (Lipinski definition) is 1. The molecule has 2 aromatic rings. The first-order valence-corrected chi connectivity index (χ1v) is 15.2. The van der Waals surface area contributed by atoms with E-state index in [1.165, 1.54) is 35.1 Å². The highest BCUT2D eigenvalue weighted by Gasteiger charge is 2.42. The van der Waals surface area contributed by atoms with E-state index in [9.17, 15) is 40.7 Å². The molecule has 0 unspecified atom stereocenters. The Bertz CT molecular complexity index is 1340. The van der Waals surface area contributed by atoms with E-state index < -0.39 is 53.9 Å². The number of piperidine rings is 2. The minimum atomic E-state index is -5.01. The van der Waals surface area contributed by atoms with Gasteiger partial charge in [-0.2, -0.15) is 26.3 Å². The molecule has 14 heteroatoms. The van der Waals surface area contributed by atoms with E-state index in [1.807, 2.05) is 18.4 Å². The topological polar surface area (TPSA) is 81.2 Å². The number of aryl methyl sites for hydroxylation is 1. The van der Waals surface area contributed by atoms with Crippen molar-refractivity contribution in [3.05, 3.63) is 56.8 Å². The molecule has 1 aromatic carbocycles. The van der Waals surface area contributed by atoms with Crippen molar-refractivity contribution in [3.63, 3.8) is 0 Å². The lowest BCUT2D eigenvalue weighted by molar-refractivity contribution is -0.146. The van der Waals surface area contributed by atoms with Gasteiger partial charge in [0.15, 0.2) is 0 Å². The largest absolute Gasteiger partial charge is 0.416 e. The zero-order chi connectivity index (χ0) is 32.6. The minimum Gasteiger partial charge on any atom is -0.387 e. The third kappa shape index (κ3) is 7.22. The van der Waals surface area contributed by atoms with E-state index in [0.29, 0.717) is 38.1 Å². The molecule has 0 bridgehead atoms. The third-order valence-corrected chi connectivity index (χ3v) is 9.98. The van der Waals surface area contributed by atoms with Crippen LogP contribution in [0.2, 0.25) is 0 Å². The van der Waals surface area contributed by atoms with E-state index in [2.05, 4.69) is 0 Å². The number of aliphatic hydroxyl groups excluding tert-OH is 1. The maximum absolute atomic E-state index is 13.9. The summed E-state index contributed by atoms with van der Waals surface area (Å²) >= 11 is 1.43. The number of nitrogens with zero attached hydrogens (tertiary/aromatic N) is 3. The SMILES string of the molecule is Cc1ccsc1[C@H]1CN(C(=O)C2CCN(C(=O)CO)CC2)CC[C@@H]1C(=O)N(C)[C@@H](C)c1cc(C(F)(F)F)cc(C(F)(F)F)c1. The molecule has 0 saturated carbocycles. The van der Waals surface area contributed by atoms with Crippen molar-refractivity contribution < 1.29 is 45.8 Å². The molecule has 2 aliphatic heterocycles. The number of hydrogen-bond acceptors (Lipinski definition) is 5. The predicted octanol–water partition coefficient (Wildman–Crippen LogP) is 5.48. The van der Waals surface area contributed by atoms with Gasteiger partial charge in [-0.3, -0.25) is 14.4 Å². The van der Waals surface area contributed by atoms with Gasteiger partial charge < -0.3 is 19.8 Å². The van der Waals surface area contributed by atoms with Crippen LogP contribution in [0.4, 0.5) is 26.3 Å². The third-order valence-electron chi connectivity index (χ3n) is 8.83. The van der Waals surface area contributed by atoms with Crippen LogP contribution in [-0.2, 0) is 26.7 Å². The van der Waals surface area contributed by atoms with Crippen LogP contribution in [0.3, 0.4) is 0 Å². The van der Waals surface area contributed by atoms with Crippen molar-refractivity contribution in [2.75, 3.05) is 39.8 Å². The van der Waals surface area contributed by atoms with E-state index in [0.717, 1.165) is 10.4 Å². The van der Waals surface area contributed by atoms with E-state index in [-0.39, 0.29) is 48.9 Å². The van der Waals surface area contributed by atoms with Gasteiger partial charge in [0.2, 0.25) is 17.7 Å². The second-order valence-electron chi connectivity index (χ2n) is 11.5. The Kier molecular flexibility index (Phi) is 10.0. The highest BCUT2D eigenvalue weighted by molar-refractivity contribution is 7.10.